The summed E-state index contributed by atoms with van der Waals surface area (Å²) in [5.41, 5.74) is 2.52. The SMILES string of the molecule is COc1c(C(=O)O)oc2c(C)cc(C)cc12. The molecule has 0 aliphatic rings. The number of aromatic carboxylic acids is 1. The Morgan fingerprint density at radius 2 is 2.06 bits per heavy atom. The smallest absolute Gasteiger partial charge is 0.375 e. The molecule has 1 N–H and O–H groups in total. The van der Waals surface area contributed by atoms with Gasteiger partial charge in [0.25, 0.3) is 5.76 Å². The number of furan rings is 1. The summed E-state index contributed by atoms with van der Waals surface area (Å²) in [5, 5.41) is 9.69. The van der Waals surface area contributed by atoms with E-state index in [1.165, 1.54) is 7.11 Å². The van der Waals surface area contributed by atoms with E-state index in [1.807, 2.05) is 26.0 Å². The lowest BCUT2D eigenvalue weighted by atomic mass is 10.1. The number of methoxy groups -OCH3 is 1. The zero-order valence-electron chi connectivity index (χ0n) is 9.33. The van der Waals surface area contributed by atoms with Crippen LogP contribution < -0.4 is 4.74 Å². The van der Waals surface area contributed by atoms with E-state index in [1.54, 1.807) is 0 Å². The summed E-state index contributed by atoms with van der Waals surface area (Å²) in [6.07, 6.45) is 0. The van der Waals surface area contributed by atoms with Crippen LogP contribution in [0.15, 0.2) is 16.5 Å². The highest BCUT2D eigenvalue weighted by atomic mass is 16.5. The molecule has 0 saturated carbocycles. The average Bonchev–Trinajstić information content (AvgIpc) is 2.56. The summed E-state index contributed by atoms with van der Waals surface area (Å²) in [5.74, 6) is -0.981. The molecule has 16 heavy (non-hydrogen) atoms. The van der Waals surface area contributed by atoms with E-state index in [0.29, 0.717) is 11.0 Å². The molecule has 1 heterocycles. The number of benzene rings is 1. The van der Waals surface area contributed by atoms with Crippen LogP contribution in [0.4, 0.5) is 0 Å². The van der Waals surface area contributed by atoms with Gasteiger partial charge in [0, 0.05) is 0 Å². The van der Waals surface area contributed by atoms with Gasteiger partial charge in [-0.1, -0.05) is 6.07 Å². The van der Waals surface area contributed by atoms with Gasteiger partial charge in [0.2, 0.25) is 0 Å². The van der Waals surface area contributed by atoms with Gasteiger partial charge in [-0.15, -0.1) is 0 Å². The summed E-state index contributed by atoms with van der Waals surface area (Å²) in [4.78, 5) is 11.0. The second-order valence-electron chi connectivity index (χ2n) is 3.73. The van der Waals surface area contributed by atoms with E-state index in [-0.39, 0.29) is 11.5 Å². The third-order valence-corrected chi connectivity index (χ3v) is 2.47. The zero-order chi connectivity index (χ0) is 11.9. The van der Waals surface area contributed by atoms with Crippen LogP contribution in [-0.2, 0) is 0 Å². The number of carboxylic acids is 1. The first-order chi connectivity index (χ1) is 7.54. The molecule has 0 radical (unpaired) electrons. The van der Waals surface area contributed by atoms with E-state index in [2.05, 4.69) is 0 Å². The molecule has 4 heteroatoms. The molecule has 0 bridgehead atoms. The average molecular weight is 220 g/mol. The highest BCUT2D eigenvalue weighted by molar-refractivity contribution is 5.99. The van der Waals surface area contributed by atoms with E-state index in [9.17, 15) is 4.79 Å². The minimum Gasteiger partial charge on any atom is -0.492 e. The van der Waals surface area contributed by atoms with Gasteiger partial charge >= 0.3 is 5.97 Å². The Hall–Kier alpha value is -1.97. The fourth-order valence-electron chi connectivity index (χ4n) is 1.87. The van der Waals surface area contributed by atoms with Crippen molar-refractivity contribution in [2.45, 2.75) is 13.8 Å². The molecule has 84 valence electrons. The molecular weight excluding hydrogens is 208 g/mol. The van der Waals surface area contributed by atoms with Gasteiger partial charge in [-0.25, -0.2) is 4.79 Å². The second-order valence-corrected chi connectivity index (χ2v) is 3.73. The number of hydrogen-bond donors (Lipinski definition) is 1. The number of fused-ring (bicyclic) bond motifs is 1. The zero-order valence-corrected chi connectivity index (χ0v) is 9.33. The van der Waals surface area contributed by atoms with Gasteiger partial charge in [0.1, 0.15) is 5.58 Å². The number of hydrogen-bond acceptors (Lipinski definition) is 3. The maximum absolute atomic E-state index is 11.0. The molecule has 0 spiro atoms. The van der Waals surface area contributed by atoms with Gasteiger partial charge in [-0.3, -0.25) is 0 Å². The lowest BCUT2D eigenvalue weighted by Crippen LogP contribution is -1.96. The van der Waals surface area contributed by atoms with Crippen LogP contribution in [-0.4, -0.2) is 18.2 Å². The van der Waals surface area contributed by atoms with Crippen LogP contribution in [0.25, 0.3) is 11.0 Å². The predicted molar refractivity (Wildman–Crippen MR) is 59.2 cm³/mol. The minimum absolute atomic E-state index is 0.147. The molecule has 2 aromatic rings. The van der Waals surface area contributed by atoms with Crippen molar-refractivity contribution in [3.8, 4) is 5.75 Å². The first-order valence-electron chi connectivity index (χ1n) is 4.85. The Morgan fingerprint density at radius 3 is 2.62 bits per heavy atom. The molecule has 0 atom stereocenters. The Morgan fingerprint density at radius 1 is 1.38 bits per heavy atom. The Balaban J connectivity index is 2.87. The standard InChI is InChI=1S/C12H12O4/c1-6-4-7(2)9-8(5-6)10(15-3)11(16-9)12(13)14/h4-5H,1-3H3,(H,13,14). The van der Waals surface area contributed by atoms with Crippen molar-refractivity contribution in [1.82, 2.24) is 0 Å². The Labute approximate surface area is 92.4 Å². The van der Waals surface area contributed by atoms with Gasteiger partial charge in [-0.2, -0.15) is 0 Å². The van der Waals surface area contributed by atoms with Crippen molar-refractivity contribution < 1.29 is 19.1 Å². The summed E-state index contributed by atoms with van der Waals surface area (Å²) in [6.45, 7) is 3.82. The molecule has 0 unspecified atom stereocenters. The van der Waals surface area contributed by atoms with Gasteiger partial charge < -0.3 is 14.3 Å². The van der Waals surface area contributed by atoms with Crippen LogP contribution in [0.1, 0.15) is 21.7 Å². The summed E-state index contributed by atoms with van der Waals surface area (Å²) in [7, 11) is 1.44. The third-order valence-electron chi connectivity index (χ3n) is 2.47. The lowest BCUT2D eigenvalue weighted by molar-refractivity contribution is 0.0660. The van der Waals surface area contributed by atoms with Gasteiger partial charge in [0.15, 0.2) is 5.75 Å². The van der Waals surface area contributed by atoms with E-state index >= 15 is 0 Å². The highest BCUT2D eigenvalue weighted by Crippen LogP contribution is 2.35. The van der Waals surface area contributed by atoms with Crippen LogP contribution in [0.3, 0.4) is 0 Å². The maximum Gasteiger partial charge on any atom is 0.375 e. The molecule has 2 rings (SSSR count). The topological polar surface area (TPSA) is 59.7 Å². The maximum atomic E-state index is 11.0. The van der Waals surface area contributed by atoms with Gasteiger partial charge in [0.05, 0.1) is 12.5 Å². The van der Waals surface area contributed by atoms with Crippen LogP contribution in [0.2, 0.25) is 0 Å². The molecule has 0 aliphatic carbocycles. The van der Waals surface area contributed by atoms with Crippen LogP contribution in [0, 0.1) is 13.8 Å². The van der Waals surface area contributed by atoms with Crippen molar-refractivity contribution in [1.29, 1.82) is 0 Å². The minimum atomic E-state index is -1.12. The highest BCUT2D eigenvalue weighted by Gasteiger charge is 2.21. The Bertz CT molecular complexity index is 566. The fraction of sp³-hybridized carbons (Fsp3) is 0.250. The first-order valence-corrected chi connectivity index (χ1v) is 4.85. The van der Waals surface area contributed by atoms with Crippen molar-refractivity contribution in [2.75, 3.05) is 7.11 Å². The van der Waals surface area contributed by atoms with Crippen LogP contribution in [0.5, 0.6) is 5.75 Å². The van der Waals surface area contributed by atoms with Gasteiger partial charge in [-0.05, 0) is 31.0 Å². The van der Waals surface area contributed by atoms with E-state index in [0.717, 1.165) is 11.1 Å². The van der Waals surface area contributed by atoms with Crippen molar-refractivity contribution in [3.05, 3.63) is 29.0 Å². The second kappa shape index (κ2) is 3.56. The lowest BCUT2D eigenvalue weighted by Gasteiger charge is -1.99. The van der Waals surface area contributed by atoms with Crippen molar-refractivity contribution in [3.63, 3.8) is 0 Å². The number of aryl methyl sites for hydroxylation is 2. The number of carbonyl (C=O) groups is 1. The summed E-state index contributed by atoms with van der Waals surface area (Å²) >= 11 is 0. The van der Waals surface area contributed by atoms with E-state index < -0.39 is 5.97 Å². The van der Waals surface area contributed by atoms with Crippen molar-refractivity contribution in [2.24, 2.45) is 0 Å². The Kier molecular flexibility index (Phi) is 2.34. The van der Waals surface area contributed by atoms with E-state index in [4.69, 9.17) is 14.3 Å². The molecule has 1 aromatic carbocycles. The molecule has 0 aliphatic heterocycles. The third kappa shape index (κ3) is 1.43. The quantitative estimate of drug-likeness (QED) is 0.845. The monoisotopic (exact) mass is 220 g/mol. The number of carboxylic acid groups (broad SMARTS) is 1. The molecule has 1 aromatic heterocycles. The largest absolute Gasteiger partial charge is 0.492 e. The molecule has 4 nitrogen and oxygen atoms in total. The van der Waals surface area contributed by atoms with Crippen molar-refractivity contribution >= 4 is 16.9 Å². The van der Waals surface area contributed by atoms with Crippen LogP contribution >= 0.6 is 0 Å². The predicted octanol–water partition coefficient (Wildman–Crippen LogP) is 2.76. The first kappa shape index (κ1) is 10.5. The summed E-state index contributed by atoms with van der Waals surface area (Å²) in [6, 6.07) is 3.80. The molecular formula is C12H12O4. The fourth-order valence-corrected chi connectivity index (χ4v) is 1.87. The normalized spacial score (nSPS) is 10.7. The molecule has 0 saturated heterocycles. The number of rotatable bonds is 2. The number of ether oxygens (including phenoxy) is 1. The molecule has 0 amide bonds. The molecule has 0 fully saturated rings. The summed E-state index contributed by atoms with van der Waals surface area (Å²) < 4.78 is 10.4.